The summed E-state index contributed by atoms with van der Waals surface area (Å²) in [6, 6.07) is 2.69. The third kappa shape index (κ3) is 2.92. The van der Waals surface area contributed by atoms with Crippen molar-refractivity contribution in [1.29, 1.82) is 0 Å². The van der Waals surface area contributed by atoms with Crippen LogP contribution in [0, 0.1) is 13.8 Å². The largest absolute Gasteiger partial charge is 0.466 e. The molecule has 3 heterocycles. The number of nitrogens with zero attached hydrogens (tertiary/aromatic N) is 2. The number of carbonyl (C=O) groups is 1. The highest BCUT2D eigenvalue weighted by atomic mass is 16.5. The average Bonchev–Trinajstić information content (AvgIpc) is 2.85. The highest BCUT2D eigenvalue weighted by Gasteiger charge is 2.37. The fourth-order valence-corrected chi connectivity index (χ4v) is 3.71. The maximum absolute atomic E-state index is 12.7. The summed E-state index contributed by atoms with van der Waals surface area (Å²) < 4.78 is 11.3. The Kier molecular flexibility index (Phi) is 4.54. The molecule has 0 saturated carbocycles. The van der Waals surface area contributed by atoms with Gasteiger partial charge in [0.25, 0.3) is 5.91 Å². The number of fused-ring (bicyclic) bond motifs is 1. The molecule has 2 aliphatic heterocycles. The maximum Gasteiger partial charge on any atom is 0.257 e. The molecule has 2 fully saturated rings. The SMILES string of the molecule is CCC[C@H]1COC[C@H]2CN(C(=O)c3cc(C)oc3C)CCN12. The zero-order valence-corrected chi connectivity index (χ0v) is 13.8. The van der Waals surface area contributed by atoms with Crippen molar-refractivity contribution in [3.05, 3.63) is 23.2 Å². The topological polar surface area (TPSA) is 45.9 Å². The molecule has 2 aliphatic rings. The lowest BCUT2D eigenvalue weighted by Gasteiger charge is -2.48. The van der Waals surface area contributed by atoms with Gasteiger partial charge in [0.15, 0.2) is 0 Å². The molecule has 0 bridgehead atoms. The zero-order chi connectivity index (χ0) is 15.7. The molecule has 2 saturated heterocycles. The van der Waals surface area contributed by atoms with E-state index in [1.54, 1.807) is 0 Å². The fourth-order valence-electron chi connectivity index (χ4n) is 3.71. The number of furan rings is 1. The van der Waals surface area contributed by atoms with E-state index in [1.807, 2.05) is 24.8 Å². The number of carbonyl (C=O) groups excluding carboxylic acids is 1. The maximum atomic E-state index is 12.7. The molecular weight excluding hydrogens is 280 g/mol. The predicted molar refractivity (Wildman–Crippen MR) is 84.1 cm³/mol. The normalized spacial score (nSPS) is 26.0. The molecule has 0 radical (unpaired) electrons. The monoisotopic (exact) mass is 306 g/mol. The van der Waals surface area contributed by atoms with E-state index in [0.717, 1.165) is 38.6 Å². The number of piperazine rings is 1. The number of rotatable bonds is 3. The lowest BCUT2D eigenvalue weighted by Crippen LogP contribution is -2.62. The highest BCUT2D eigenvalue weighted by Crippen LogP contribution is 2.23. The summed E-state index contributed by atoms with van der Waals surface area (Å²) >= 11 is 0. The Morgan fingerprint density at radius 1 is 1.32 bits per heavy atom. The Labute approximate surface area is 132 Å². The molecular formula is C17H26N2O3. The molecule has 122 valence electrons. The smallest absolute Gasteiger partial charge is 0.257 e. The molecule has 5 heteroatoms. The van der Waals surface area contributed by atoms with Crippen molar-refractivity contribution in [1.82, 2.24) is 9.80 Å². The van der Waals surface area contributed by atoms with E-state index in [2.05, 4.69) is 11.8 Å². The van der Waals surface area contributed by atoms with Crippen LogP contribution in [0.2, 0.25) is 0 Å². The highest BCUT2D eigenvalue weighted by molar-refractivity contribution is 5.95. The minimum absolute atomic E-state index is 0.0895. The fraction of sp³-hybridized carbons (Fsp3) is 0.706. The summed E-state index contributed by atoms with van der Waals surface area (Å²) in [4.78, 5) is 17.2. The van der Waals surface area contributed by atoms with Crippen molar-refractivity contribution in [2.75, 3.05) is 32.8 Å². The van der Waals surface area contributed by atoms with Crippen LogP contribution in [-0.2, 0) is 4.74 Å². The molecule has 0 N–H and O–H groups in total. The van der Waals surface area contributed by atoms with Gasteiger partial charge in [0.05, 0.1) is 24.8 Å². The molecule has 2 atom stereocenters. The summed E-state index contributed by atoms with van der Waals surface area (Å²) in [5.74, 6) is 1.60. The Hall–Kier alpha value is -1.33. The molecule has 5 nitrogen and oxygen atoms in total. The van der Waals surface area contributed by atoms with Crippen LogP contribution in [0.4, 0.5) is 0 Å². The molecule has 3 rings (SSSR count). The van der Waals surface area contributed by atoms with Crippen LogP contribution in [0.5, 0.6) is 0 Å². The van der Waals surface area contributed by atoms with Gasteiger partial charge in [-0.2, -0.15) is 0 Å². The number of ether oxygens (including phenoxy) is 1. The molecule has 0 spiro atoms. The number of amides is 1. The van der Waals surface area contributed by atoms with Gasteiger partial charge < -0.3 is 14.1 Å². The van der Waals surface area contributed by atoms with Crippen LogP contribution in [0.1, 0.15) is 41.6 Å². The summed E-state index contributed by atoms with van der Waals surface area (Å²) in [6.07, 6.45) is 2.35. The third-order valence-corrected chi connectivity index (χ3v) is 4.80. The first-order valence-corrected chi connectivity index (χ1v) is 8.30. The molecule has 1 aromatic heterocycles. The number of hydrogen-bond donors (Lipinski definition) is 0. The second-order valence-electron chi connectivity index (χ2n) is 6.45. The number of hydrogen-bond acceptors (Lipinski definition) is 4. The second-order valence-corrected chi connectivity index (χ2v) is 6.45. The van der Waals surface area contributed by atoms with Crippen LogP contribution < -0.4 is 0 Å². The lowest BCUT2D eigenvalue weighted by atomic mass is 10.0. The van der Waals surface area contributed by atoms with Crippen molar-refractivity contribution in [3.8, 4) is 0 Å². The third-order valence-electron chi connectivity index (χ3n) is 4.80. The van der Waals surface area contributed by atoms with E-state index in [1.165, 1.54) is 12.8 Å². The van der Waals surface area contributed by atoms with Crippen LogP contribution in [-0.4, -0.2) is 60.6 Å². The zero-order valence-electron chi connectivity index (χ0n) is 13.8. The van der Waals surface area contributed by atoms with Crippen molar-refractivity contribution >= 4 is 5.91 Å². The Bertz CT molecular complexity index is 538. The Morgan fingerprint density at radius 3 is 2.82 bits per heavy atom. The summed E-state index contributed by atoms with van der Waals surface area (Å²) in [6.45, 7) is 10.0. The van der Waals surface area contributed by atoms with Gasteiger partial charge in [0.1, 0.15) is 11.5 Å². The minimum Gasteiger partial charge on any atom is -0.466 e. The van der Waals surface area contributed by atoms with E-state index >= 15 is 0 Å². The number of aryl methyl sites for hydroxylation is 2. The van der Waals surface area contributed by atoms with Gasteiger partial charge in [-0.3, -0.25) is 9.69 Å². The summed E-state index contributed by atoms with van der Waals surface area (Å²) in [5.41, 5.74) is 0.702. The van der Waals surface area contributed by atoms with Gasteiger partial charge in [-0.05, 0) is 26.3 Å². The first-order chi connectivity index (χ1) is 10.6. The first-order valence-electron chi connectivity index (χ1n) is 8.30. The van der Waals surface area contributed by atoms with Crippen molar-refractivity contribution in [3.63, 3.8) is 0 Å². The van der Waals surface area contributed by atoms with E-state index in [-0.39, 0.29) is 5.91 Å². The van der Waals surface area contributed by atoms with Crippen LogP contribution in [0.3, 0.4) is 0 Å². The lowest BCUT2D eigenvalue weighted by molar-refractivity contribution is -0.0776. The quantitative estimate of drug-likeness (QED) is 0.859. The molecule has 0 aromatic carbocycles. The van der Waals surface area contributed by atoms with Crippen molar-refractivity contribution in [2.45, 2.75) is 45.7 Å². The molecule has 1 amide bonds. The molecule has 0 unspecified atom stereocenters. The van der Waals surface area contributed by atoms with Gasteiger partial charge in [0, 0.05) is 25.7 Å². The Morgan fingerprint density at radius 2 is 2.14 bits per heavy atom. The van der Waals surface area contributed by atoms with Gasteiger partial charge in [-0.1, -0.05) is 13.3 Å². The minimum atomic E-state index is 0.0895. The standard InChI is InChI=1S/C17H26N2O3/c1-4-5-14-10-21-11-15-9-18(6-7-19(14)15)17(20)16-8-12(2)22-13(16)3/h8,14-15H,4-7,9-11H2,1-3H3/t14-,15+/m0/s1. The molecule has 1 aromatic rings. The molecule has 22 heavy (non-hydrogen) atoms. The van der Waals surface area contributed by atoms with Gasteiger partial charge >= 0.3 is 0 Å². The van der Waals surface area contributed by atoms with E-state index in [4.69, 9.17) is 9.15 Å². The molecule has 0 aliphatic carbocycles. The van der Waals surface area contributed by atoms with Gasteiger partial charge in [-0.15, -0.1) is 0 Å². The van der Waals surface area contributed by atoms with Gasteiger partial charge in [0.2, 0.25) is 0 Å². The van der Waals surface area contributed by atoms with Crippen LogP contribution in [0.25, 0.3) is 0 Å². The Balaban J connectivity index is 1.69. The van der Waals surface area contributed by atoms with Crippen LogP contribution >= 0.6 is 0 Å². The van der Waals surface area contributed by atoms with E-state index in [0.29, 0.717) is 23.4 Å². The van der Waals surface area contributed by atoms with Crippen molar-refractivity contribution in [2.24, 2.45) is 0 Å². The summed E-state index contributed by atoms with van der Waals surface area (Å²) in [7, 11) is 0. The summed E-state index contributed by atoms with van der Waals surface area (Å²) in [5, 5.41) is 0. The second kappa shape index (κ2) is 6.42. The van der Waals surface area contributed by atoms with E-state index in [9.17, 15) is 4.79 Å². The first kappa shape index (κ1) is 15.6. The van der Waals surface area contributed by atoms with Gasteiger partial charge in [-0.25, -0.2) is 0 Å². The van der Waals surface area contributed by atoms with E-state index < -0.39 is 0 Å². The predicted octanol–water partition coefficient (Wildman–Crippen LogP) is 2.22. The van der Waals surface area contributed by atoms with Crippen molar-refractivity contribution < 1.29 is 13.9 Å². The van der Waals surface area contributed by atoms with Crippen LogP contribution in [0.15, 0.2) is 10.5 Å². The number of morpholine rings is 1. The average molecular weight is 306 g/mol.